The van der Waals surface area contributed by atoms with Gasteiger partial charge in [0, 0.05) is 13.5 Å². The number of anilines is 2. The Bertz CT molecular complexity index is 522. The molecule has 2 aromatic rings. The summed E-state index contributed by atoms with van der Waals surface area (Å²) in [5, 5.41) is 18.9. The van der Waals surface area contributed by atoms with Crippen LogP contribution in [0.5, 0.6) is 0 Å². The van der Waals surface area contributed by atoms with Crippen molar-refractivity contribution < 1.29 is 15.0 Å². The molecule has 0 spiro atoms. The number of imidazole rings is 1. The Balaban J connectivity index is 0.000000357. The maximum atomic E-state index is 9.00. The average molecular weight is 254 g/mol. The van der Waals surface area contributed by atoms with E-state index in [1.165, 1.54) is 6.33 Å². The molecule has 9 nitrogen and oxygen atoms in total. The van der Waals surface area contributed by atoms with Crippen LogP contribution >= 0.6 is 0 Å². The molecule has 0 aliphatic heterocycles. The maximum absolute atomic E-state index is 9.00. The Morgan fingerprint density at radius 1 is 1.56 bits per heavy atom. The van der Waals surface area contributed by atoms with Crippen LogP contribution < -0.4 is 11.1 Å². The van der Waals surface area contributed by atoms with Crippen molar-refractivity contribution in [2.24, 2.45) is 0 Å². The Morgan fingerprint density at radius 3 is 2.78 bits per heavy atom. The van der Waals surface area contributed by atoms with Gasteiger partial charge in [0.05, 0.1) is 6.61 Å². The van der Waals surface area contributed by atoms with E-state index in [0.717, 1.165) is 6.92 Å². The summed E-state index contributed by atoms with van der Waals surface area (Å²) in [6.45, 7) is 1.55. The highest BCUT2D eigenvalue weighted by molar-refractivity contribution is 5.82. The lowest BCUT2D eigenvalue weighted by Gasteiger charge is -1.96. The molecule has 6 N–H and O–H groups in total. The van der Waals surface area contributed by atoms with Crippen LogP contribution in [0.3, 0.4) is 0 Å². The normalized spacial score (nSPS) is 9.67. The molecule has 0 saturated heterocycles. The van der Waals surface area contributed by atoms with Crippen LogP contribution in [-0.4, -0.2) is 49.3 Å². The molecule has 0 fully saturated rings. The van der Waals surface area contributed by atoms with Gasteiger partial charge in [-0.3, -0.25) is 4.79 Å². The lowest BCUT2D eigenvalue weighted by molar-refractivity contribution is -0.134. The lowest BCUT2D eigenvalue weighted by atomic mass is 10.5. The van der Waals surface area contributed by atoms with Crippen LogP contribution in [-0.2, 0) is 4.79 Å². The number of aromatic amines is 1. The molecule has 2 heterocycles. The van der Waals surface area contributed by atoms with E-state index in [0.29, 0.717) is 29.5 Å². The Hall–Kier alpha value is -2.42. The number of hydrogen-bond acceptors (Lipinski definition) is 7. The lowest BCUT2D eigenvalue weighted by Crippen LogP contribution is -2.06. The van der Waals surface area contributed by atoms with Gasteiger partial charge < -0.3 is 26.2 Å². The van der Waals surface area contributed by atoms with Crippen molar-refractivity contribution in [3.63, 3.8) is 0 Å². The zero-order valence-electron chi connectivity index (χ0n) is 9.71. The van der Waals surface area contributed by atoms with Gasteiger partial charge in [0.25, 0.3) is 5.97 Å². The monoisotopic (exact) mass is 254 g/mol. The van der Waals surface area contributed by atoms with E-state index in [1.54, 1.807) is 0 Å². The minimum Gasteiger partial charge on any atom is -0.481 e. The van der Waals surface area contributed by atoms with Crippen LogP contribution in [0.4, 0.5) is 11.8 Å². The minimum atomic E-state index is -0.833. The second-order valence-corrected chi connectivity index (χ2v) is 3.21. The molecule has 0 bridgehead atoms. The first-order chi connectivity index (χ1) is 8.54. The van der Waals surface area contributed by atoms with Crippen LogP contribution in [0.15, 0.2) is 6.33 Å². The third kappa shape index (κ3) is 3.87. The van der Waals surface area contributed by atoms with Crippen LogP contribution in [0.1, 0.15) is 6.92 Å². The number of carboxylic acid groups (broad SMARTS) is 1. The number of nitrogens with zero attached hydrogens (tertiary/aromatic N) is 3. The summed E-state index contributed by atoms with van der Waals surface area (Å²) in [4.78, 5) is 23.8. The van der Waals surface area contributed by atoms with Crippen molar-refractivity contribution in [1.29, 1.82) is 0 Å². The largest absolute Gasteiger partial charge is 0.481 e. The molecule has 0 saturated carbocycles. The third-order valence-corrected chi connectivity index (χ3v) is 1.72. The van der Waals surface area contributed by atoms with Gasteiger partial charge in [0.2, 0.25) is 5.95 Å². The number of aliphatic hydroxyl groups excluding tert-OH is 1. The SMILES string of the molecule is CC(=O)O.Nc1ncnc2nc(NCCO)[nH]c12. The summed E-state index contributed by atoms with van der Waals surface area (Å²) >= 11 is 0. The number of carboxylic acids is 1. The van der Waals surface area contributed by atoms with E-state index >= 15 is 0 Å². The van der Waals surface area contributed by atoms with Gasteiger partial charge in [-0.05, 0) is 0 Å². The van der Waals surface area contributed by atoms with Gasteiger partial charge in [0.15, 0.2) is 11.5 Å². The van der Waals surface area contributed by atoms with E-state index < -0.39 is 5.97 Å². The van der Waals surface area contributed by atoms with Crippen LogP contribution in [0.2, 0.25) is 0 Å². The first kappa shape index (κ1) is 13.6. The summed E-state index contributed by atoms with van der Waals surface area (Å²) in [6, 6.07) is 0. The van der Waals surface area contributed by atoms with Crippen molar-refractivity contribution in [2.75, 3.05) is 24.2 Å². The second-order valence-electron chi connectivity index (χ2n) is 3.21. The predicted octanol–water partition coefficient (Wildman–Crippen LogP) is -0.570. The smallest absolute Gasteiger partial charge is 0.300 e. The molecule has 0 unspecified atom stereocenters. The number of carbonyl (C=O) groups is 1. The van der Waals surface area contributed by atoms with Gasteiger partial charge in [-0.2, -0.15) is 4.98 Å². The predicted molar refractivity (Wildman–Crippen MR) is 65.0 cm³/mol. The van der Waals surface area contributed by atoms with Crippen LogP contribution in [0.25, 0.3) is 11.2 Å². The van der Waals surface area contributed by atoms with E-state index in [1.807, 2.05) is 0 Å². The quantitative estimate of drug-likeness (QED) is 0.488. The summed E-state index contributed by atoms with van der Waals surface area (Å²) in [5.74, 6) is 0.0563. The minimum absolute atomic E-state index is 0.0399. The van der Waals surface area contributed by atoms with Gasteiger partial charge >= 0.3 is 0 Å². The van der Waals surface area contributed by atoms with Gasteiger partial charge in [-0.15, -0.1) is 0 Å². The Morgan fingerprint density at radius 2 is 2.22 bits per heavy atom. The van der Waals surface area contributed by atoms with Crippen LogP contribution in [0, 0.1) is 0 Å². The molecule has 0 amide bonds. The standard InChI is InChI=1S/C7H10N6O.C2H4O2/c8-5-4-6(11-3-10-5)13-7(12-4)9-1-2-14;1-2(3)4/h3,14H,1-2H2,(H4,8,9,10,11,12,13);1H3,(H,3,4). The van der Waals surface area contributed by atoms with Gasteiger partial charge in [0.1, 0.15) is 11.8 Å². The molecule has 98 valence electrons. The van der Waals surface area contributed by atoms with Crippen molar-refractivity contribution in [1.82, 2.24) is 19.9 Å². The fourth-order valence-corrected chi connectivity index (χ4v) is 1.10. The number of aliphatic carboxylic acids is 1. The zero-order valence-corrected chi connectivity index (χ0v) is 9.71. The molecule has 0 aliphatic carbocycles. The Labute approximate surface area is 102 Å². The zero-order chi connectivity index (χ0) is 13.5. The summed E-state index contributed by atoms with van der Waals surface area (Å²) in [5.41, 5.74) is 6.72. The molecule has 0 atom stereocenters. The van der Waals surface area contributed by atoms with Crippen molar-refractivity contribution in [3.05, 3.63) is 6.33 Å². The molecular weight excluding hydrogens is 240 g/mol. The summed E-state index contributed by atoms with van der Waals surface area (Å²) in [6.07, 6.45) is 1.36. The van der Waals surface area contributed by atoms with Gasteiger partial charge in [-0.1, -0.05) is 0 Å². The fourth-order valence-electron chi connectivity index (χ4n) is 1.10. The van der Waals surface area contributed by atoms with E-state index in [9.17, 15) is 0 Å². The molecule has 0 aliphatic rings. The number of hydrogen-bond donors (Lipinski definition) is 5. The van der Waals surface area contributed by atoms with E-state index in [2.05, 4.69) is 25.3 Å². The number of aromatic nitrogens is 4. The molecule has 18 heavy (non-hydrogen) atoms. The van der Waals surface area contributed by atoms with E-state index in [4.69, 9.17) is 20.7 Å². The number of H-pyrrole nitrogens is 1. The molecule has 0 aromatic carbocycles. The number of fused-ring (bicyclic) bond motifs is 1. The first-order valence-corrected chi connectivity index (χ1v) is 5.05. The highest BCUT2D eigenvalue weighted by atomic mass is 16.4. The maximum Gasteiger partial charge on any atom is 0.300 e. The second kappa shape index (κ2) is 6.35. The molecule has 2 rings (SSSR count). The van der Waals surface area contributed by atoms with Gasteiger partial charge in [-0.25, -0.2) is 9.97 Å². The van der Waals surface area contributed by atoms with E-state index in [-0.39, 0.29) is 6.61 Å². The third-order valence-electron chi connectivity index (χ3n) is 1.72. The number of nitrogens with two attached hydrogens (primary N) is 1. The summed E-state index contributed by atoms with van der Waals surface area (Å²) < 4.78 is 0. The molecule has 9 heteroatoms. The highest BCUT2D eigenvalue weighted by Gasteiger charge is 2.05. The fraction of sp³-hybridized carbons (Fsp3) is 0.333. The number of aliphatic hydroxyl groups is 1. The van der Waals surface area contributed by atoms with Crippen molar-refractivity contribution >= 4 is 28.9 Å². The number of nitrogens with one attached hydrogen (secondary N) is 2. The summed E-state index contributed by atoms with van der Waals surface area (Å²) in [7, 11) is 0. The Kier molecular flexibility index (Phi) is 4.81. The average Bonchev–Trinajstić information content (AvgIpc) is 2.70. The molecular formula is C9H14N6O3. The number of nitrogen functional groups attached to an aromatic ring is 1. The van der Waals surface area contributed by atoms with Crippen molar-refractivity contribution in [3.8, 4) is 0 Å². The highest BCUT2D eigenvalue weighted by Crippen LogP contribution is 2.15. The number of rotatable bonds is 3. The van der Waals surface area contributed by atoms with Crippen molar-refractivity contribution in [2.45, 2.75) is 6.92 Å². The first-order valence-electron chi connectivity index (χ1n) is 5.05. The molecule has 2 aromatic heterocycles. The molecule has 0 radical (unpaired) electrons. The topological polar surface area (TPSA) is 150 Å².